The minimum absolute atomic E-state index is 0.134. The van der Waals surface area contributed by atoms with Crippen molar-refractivity contribution in [1.29, 1.82) is 0 Å². The van der Waals surface area contributed by atoms with Gasteiger partial charge in [-0.25, -0.2) is 0 Å². The molecule has 1 radical (unpaired) electrons. The van der Waals surface area contributed by atoms with Gasteiger partial charge in [-0.3, -0.25) is 4.57 Å². The number of hydrogen-bond acceptors (Lipinski definition) is 4. The van der Waals surface area contributed by atoms with Crippen LogP contribution in [-0.2, 0) is 13.6 Å². The van der Waals surface area contributed by atoms with Crippen LogP contribution in [0.3, 0.4) is 0 Å². The van der Waals surface area contributed by atoms with Crippen molar-refractivity contribution in [3.8, 4) is 0 Å². The lowest BCUT2D eigenvalue weighted by Crippen LogP contribution is -2.12. The summed E-state index contributed by atoms with van der Waals surface area (Å²) in [6.07, 6.45) is 3.66. The predicted molar refractivity (Wildman–Crippen MR) is 65.3 cm³/mol. The summed E-state index contributed by atoms with van der Waals surface area (Å²) in [5.74, 6) is -1.11. The maximum absolute atomic E-state index is 12.2. The lowest BCUT2D eigenvalue weighted by atomic mass is 10.4. The zero-order valence-electron chi connectivity index (χ0n) is 10.4. The van der Waals surface area contributed by atoms with Gasteiger partial charge in [0, 0.05) is 0 Å². The van der Waals surface area contributed by atoms with Crippen molar-refractivity contribution in [1.82, 2.24) is 0 Å². The second kappa shape index (κ2) is 9.17. The van der Waals surface area contributed by atoms with Crippen LogP contribution in [0.25, 0.3) is 0 Å². The lowest BCUT2D eigenvalue weighted by molar-refractivity contribution is 0.140. The Balaban J connectivity index is 4.19. The molecular formula is C11H24O4P. The van der Waals surface area contributed by atoms with Crippen LogP contribution in [0, 0.1) is 6.92 Å². The lowest BCUT2D eigenvalue weighted by Gasteiger charge is -2.22. The van der Waals surface area contributed by atoms with Crippen molar-refractivity contribution >= 4 is 7.60 Å². The molecule has 0 aromatic heterocycles. The molecule has 0 aliphatic heterocycles. The van der Waals surface area contributed by atoms with E-state index in [1.807, 2.05) is 13.8 Å². The Labute approximate surface area is 98.9 Å². The number of rotatable bonds is 10. The Hall–Kier alpha value is 0.110. The quantitative estimate of drug-likeness (QED) is 0.478. The Morgan fingerprint density at radius 3 is 1.94 bits per heavy atom. The SMILES string of the molecule is [CH2]CC(O)P(=O)(OCCCC)OCCCC. The summed E-state index contributed by atoms with van der Waals surface area (Å²) in [6.45, 7) is 8.28. The van der Waals surface area contributed by atoms with Crippen molar-refractivity contribution in [3.05, 3.63) is 6.92 Å². The van der Waals surface area contributed by atoms with E-state index in [1.165, 1.54) is 0 Å². The van der Waals surface area contributed by atoms with Gasteiger partial charge < -0.3 is 14.2 Å². The summed E-state index contributed by atoms with van der Waals surface area (Å²) < 4.78 is 22.6. The van der Waals surface area contributed by atoms with Crippen molar-refractivity contribution in [2.45, 2.75) is 51.8 Å². The Morgan fingerprint density at radius 1 is 1.19 bits per heavy atom. The predicted octanol–water partition coefficient (Wildman–Crippen LogP) is 3.36. The highest BCUT2D eigenvalue weighted by molar-refractivity contribution is 7.54. The second-order valence-electron chi connectivity index (χ2n) is 3.68. The highest BCUT2D eigenvalue weighted by Gasteiger charge is 2.32. The van der Waals surface area contributed by atoms with Crippen LogP contribution in [0.5, 0.6) is 0 Å². The number of hydrogen-bond donors (Lipinski definition) is 1. The molecule has 0 fully saturated rings. The van der Waals surface area contributed by atoms with Gasteiger partial charge in [0.15, 0.2) is 5.85 Å². The first-order valence-corrected chi connectivity index (χ1v) is 7.58. The van der Waals surface area contributed by atoms with Gasteiger partial charge in [-0.2, -0.15) is 0 Å². The van der Waals surface area contributed by atoms with Gasteiger partial charge >= 0.3 is 7.60 Å². The van der Waals surface area contributed by atoms with Gasteiger partial charge in [-0.05, 0) is 19.3 Å². The molecule has 97 valence electrons. The summed E-state index contributed by atoms with van der Waals surface area (Å²) in [5, 5.41) is 9.60. The van der Waals surface area contributed by atoms with Crippen LogP contribution in [0.4, 0.5) is 0 Å². The Morgan fingerprint density at radius 2 is 1.62 bits per heavy atom. The molecule has 0 saturated heterocycles. The molecular weight excluding hydrogens is 227 g/mol. The molecule has 0 aromatic rings. The average Bonchev–Trinajstić information content (AvgIpc) is 2.28. The van der Waals surface area contributed by atoms with E-state index in [0.717, 1.165) is 25.7 Å². The number of unbranched alkanes of at least 4 members (excludes halogenated alkanes) is 2. The Kier molecular flexibility index (Phi) is 9.24. The van der Waals surface area contributed by atoms with Crippen LogP contribution in [0.1, 0.15) is 46.0 Å². The second-order valence-corrected chi connectivity index (χ2v) is 5.87. The molecule has 0 aliphatic rings. The number of aliphatic hydroxyl groups is 1. The van der Waals surface area contributed by atoms with E-state index in [4.69, 9.17) is 9.05 Å². The molecule has 0 spiro atoms. The van der Waals surface area contributed by atoms with E-state index in [1.54, 1.807) is 0 Å². The van der Waals surface area contributed by atoms with Crippen molar-refractivity contribution in [2.24, 2.45) is 0 Å². The maximum Gasteiger partial charge on any atom is 0.358 e. The van der Waals surface area contributed by atoms with Crippen LogP contribution < -0.4 is 0 Å². The summed E-state index contributed by atoms with van der Waals surface area (Å²) >= 11 is 0. The summed E-state index contributed by atoms with van der Waals surface area (Å²) in [5.41, 5.74) is 0. The molecule has 0 amide bonds. The summed E-state index contributed by atoms with van der Waals surface area (Å²) in [6, 6.07) is 0. The molecule has 1 unspecified atom stereocenters. The van der Waals surface area contributed by atoms with Crippen molar-refractivity contribution in [3.63, 3.8) is 0 Å². The van der Waals surface area contributed by atoms with E-state index >= 15 is 0 Å². The first kappa shape index (κ1) is 16.1. The average molecular weight is 251 g/mol. The van der Waals surface area contributed by atoms with Crippen molar-refractivity contribution in [2.75, 3.05) is 13.2 Å². The smallest absolute Gasteiger partial charge is 0.358 e. The fourth-order valence-electron chi connectivity index (χ4n) is 1.04. The molecule has 0 aromatic carbocycles. The minimum atomic E-state index is -3.38. The first-order chi connectivity index (χ1) is 7.60. The third kappa shape index (κ3) is 6.00. The van der Waals surface area contributed by atoms with E-state index < -0.39 is 13.4 Å². The van der Waals surface area contributed by atoms with Gasteiger partial charge in [-0.1, -0.05) is 33.6 Å². The minimum Gasteiger partial charge on any atom is -0.380 e. The first-order valence-electron chi connectivity index (χ1n) is 5.96. The fraction of sp³-hybridized carbons (Fsp3) is 0.909. The van der Waals surface area contributed by atoms with Crippen LogP contribution in [0.2, 0.25) is 0 Å². The largest absolute Gasteiger partial charge is 0.380 e. The fourth-order valence-corrected chi connectivity index (χ4v) is 2.54. The van der Waals surface area contributed by atoms with Gasteiger partial charge in [0.25, 0.3) is 0 Å². The molecule has 0 aliphatic carbocycles. The summed E-state index contributed by atoms with van der Waals surface area (Å²) in [4.78, 5) is 0. The van der Waals surface area contributed by atoms with Gasteiger partial charge in [0.05, 0.1) is 13.2 Å². The molecule has 4 nitrogen and oxygen atoms in total. The van der Waals surface area contributed by atoms with E-state index in [-0.39, 0.29) is 6.42 Å². The molecule has 1 atom stereocenters. The van der Waals surface area contributed by atoms with Gasteiger partial charge in [0.2, 0.25) is 0 Å². The summed E-state index contributed by atoms with van der Waals surface area (Å²) in [7, 11) is -3.38. The zero-order chi connectivity index (χ0) is 12.4. The molecule has 0 rings (SSSR count). The topological polar surface area (TPSA) is 55.8 Å². The van der Waals surface area contributed by atoms with E-state index in [9.17, 15) is 9.67 Å². The Bertz CT molecular complexity index is 194. The van der Waals surface area contributed by atoms with Crippen LogP contribution in [0.15, 0.2) is 0 Å². The third-order valence-electron chi connectivity index (χ3n) is 2.16. The molecule has 0 saturated carbocycles. The molecule has 1 N–H and O–H groups in total. The highest BCUT2D eigenvalue weighted by atomic mass is 31.2. The maximum atomic E-state index is 12.2. The van der Waals surface area contributed by atoms with Crippen molar-refractivity contribution < 1.29 is 18.7 Å². The third-order valence-corrected chi connectivity index (χ3v) is 4.23. The highest BCUT2D eigenvalue weighted by Crippen LogP contribution is 2.53. The standard InChI is InChI=1S/C11H24O4P/c1-4-7-9-14-16(13,11(12)6-3)15-10-8-5-2/h11-12H,3-10H2,1-2H3. The molecule has 5 heteroatoms. The monoisotopic (exact) mass is 251 g/mol. The van der Waals surface area contributed by atoms with E-state index in [2.05, 4.69) is 6.92 Å². The van der Waals surface area contributed by atoms with Crippen LogP contribution >= 0.6 is 7.60 Å². The molecule has 0 bridgehead atoms. The number of aliphatic hydroxyl groups excluding tert-OH is 1. The zero-order valence-corrected chi connectivity index (χ0v) is 11.2. The van der Waals surface area contributed by atoms with Gasteiger partial charge in [0.1, 0.15) is 0 Å². The van der Waals surface area contributed by atoms with Crippen LogP contribution in [-0.4, -0.2) is 24.2 Å². The van der Waals surface area contributed by atoms with E-state index in [0.29, 0.717) is 13.2 Å². The van der Waals surface area contributed by atoms with Gasteiger partial charge in [-0.15, -0.1) is 0 Å². The molecule has 16 heavy (non-hydrogen) atoms. The normalized spacial score (nSPS) is 14.0. The molecule has 0 heterocycles.